The Kier molecular flexibility index (Phi) is 2.93. The van der Waals surface area contributed by atoms with Crippen molar-refractivity contribution in [3.63, 3.8) is 0 Å². The highest BCUT2D eigenvalue weighted by atomic mass is 16.5. The third-order valence-electron chi connectivity index (χ3n) is 2.95. The molecule has 0 radical (unpaired) electrons. The van der Waals surface area contributed by atoms with E-state index in [1.165, 1.54) is 5.56 Å². The molecule has 0 aliphatic carbocycles. The van der Waals surface area contributed by atoms with Crippen LogP contribution in [0.3, 0.4) is 0 Å². The van der Waals surface area contributed by atoms with Crippen LogP contribution in [0.25, 0.3) is 0 Å². The van der Waals surface area contributed by atoms with E-state index in [1.807, 2.05) is 25.2 Å². The van der Waals surface area contributed by atoms with Gasteiger partial charge in [0.05, 0.1) is 25.7 Å². The molecule has 1 N–H and O–H groups in total. The number of benzene rings is 1. The first-order valence-corrected chi connectivity index (χ1v) is 5.18. The zero-order valence-corrected chi connectivity index (χ0v) is 9.25. The molecule has 0 spiro atoms. The molecule has 0 amide bonds. The van der Waals surface area contributed by atoms with Crippen molar-refractivity contribution in [3.05, 3.63) is 29.8 Å². The zero-order chi connectivity index (χ0) is 10.7. The van der Waals surface area contributed by atoms with Gasteiger partial charge in [-0.05, 0) is 13.1 Å². The summed E-state index contributed by atoms with van der Waals surface area (Å²) in [6, 6.07) is 8.17. The monoisotopic (exact) mass is 207 g/mol. The molecular weight excluding hydrogens is 190 g/mol. The van der Waals surface area contributed by atoms with Gasteiger partial charge in [0.2, 0.25) is 0 Å². The number of likely N-dealkylation sites (N-methyl/N-ethyl adjacent to an activating group) is 1. The van der Waals surface area contributed by atoms with Gasteiger partial charge in [-0.1, -0.05) is 18.2 Å². The smallest absolute Gasteiger partial charge is 0.122 e. The maximum atomic E-state index is 5.39. The summed E-state index contributed by atoms with van der Waals surface area (Å²) in [6.45, 7) is 2.47. The average molecular weight is 207 g/mol. The van der Waals surface area contributed by atoms with Gasteiger partial charge in [-0.3, -0.25) is 0 Å². The molecule has 1 aromatic carbocycles. The van der Waals surface area contributed by atoms with Crippen LogP contribution in [0.4, 0.5) is 0 Å². The summed E-state index contributed by atoms with van der Waals surface area (Å²) in [4.78, 5) is 0. The van der Waals surface area contributed by atoms with Crippen molar-refractivity contribution in [1.82, 2.24) is 5.32 Å². The molecule has 1 heterocycles. The van der Waals surface area contributed by atoms with E-state index in [4.69, 9.17) is 9.47 Å². The van der Waals surface area contributed by atoms with Crippen LogP contribution < -0.4 is 10.1 Å². The van der Waals surface area contributed by atoms with Gasteiger partial charge >= 0.3 is 0 Å². The lowest BCUT2D eigenvalue weighted by molar-refractivity contribution is -0.0591. The summed E-state index contributed by atoms with van der Waals surface area (Å²) < 4.78 is 10.7. The summed E-state index contributed by atoms with van der Waals surface area (Å²) in [5, 5.41) is 3.22. The van der Waals surface area contributed by atoms with E-state index in [-0.39, 0.29) is 5.41 Å². The van der Waals surface area contributed by atoms with E-state index in [0.717, 1.165) is 25.5 Å². The van der Waals surface area contributed by atoms with Gasteiger partial charge in [0.25, 0.3) is 0 Å². The van der Waals surface area contributed by atoms with Gasteiger partial charge in [-0.25, -0.2) is 0 Å². The van der Waals surface area contributed by atoms with E-state index in [9.17, 15) is 0 Å². The Morgan fingerprint density at radius 2 is 2.13 bits per heavy atom. The first-order chi connectivity index (χ1) is 7.32. The molecule has 3 nitrogen and oxygen atoms in total. The predicted octanol–water partition coefficient (Wildman–Crippen LogP) is 1.18. The standard InChI is InChI=1S/C12H17NO2/c1-13-7-12(8-15-9-12)10-5-3-4-6-11(10)14-2/h3-6,13H,7-9H2,1-2H3. The van der Waals surface area contributed by atoms with E-state index < -0.39 is 0 Å². The van der Waals surface area contributed by atoms with Gasteiger partial charge in [0.1, 0.15) is 5.75 Å². The van der Waals surface area contributed by atoms with E-state index in [1.54, 1.807) is 7.11 Å². The Bertz CT molecular complexity index is 334. The largest absolute Gasteiger partial charge is 0.496 e. The summed E-state index contributed by atoms with van der Waals surface area (Å²) in [7, 11) is 3.68. The average Bonchev–Trinajstić information content (AvgIpc) is 2.23. The number of hydrogen-bond acceptors (Lipinski definition) is 3. The number of para-hydroxylation sites is 1. The maximum absolute atomic E-state index is 5.39. The van der Waals surface area contributed by atoms with Crippen LogP contribution in [0.1, 0.15) is 5.56 Å². The Morgan fingerprint density at radius 3 is 2.67 bits per heavy atom. The molecule has 3 heteroatoms. The highest BCUT2D eigenvalue weighted by molar-refractivity contribution is 5.41. The Labute approximate surface area is 90.4 Å². The van der Waals surface area contributed by atoms with Crippen molar-refractivity contribution in [2.75, 3.05) is 33.9 Å². The molecule has 15 heavy (non-hydrogen) atoms. The van der Waals surface area contributed by atoms with Crippen LogP contribution in [0.15, 0.2) is 24.3 Å². The van der Waals surface area contributed by atoms with Crippen molar-refractivity contribution in [3.8, 4) is 5.75 Å². The number of rotatable bonds is 4. The van der Waals surface area contributed by atoms with Crippen LogP contribution in [0.2, 0.25) is 0 Å². The fraction of sp³-hybridized carbons (Fsp3) is 0.500. The van der Waals surface area contributed by atoms with Gasteiger partial charge in [0.15, 0.2) is 0 Å². The SMILES string of the molecule is CNCC1(c2ccccc2OC)COC1. The van der Waals surface area contributed by atoms with E-state index in [2.05, 4.69) is 11.4 Å². The lowest BCUT2D eigenvalue weighted by Crippen LogP contribution is -2.53. The molecule has 82 valence electrons. The first-order valence-electron chi connectivity index (χ1n) is 5.18. The normalized spacial score (nSPS) is 18.3. The zero-order valence-electron chi connectivity index (χ0n) is 9.25. The van der Waals surface area contributed by atoms with Crippen molar-refractivity contribution in [1.29, 1.82) is 0 Å². The minimum Gasteiger partial charge on any atom is -0.496 e. The second-order valence-corrected chi connectivity index (χ2v) is 4.00. The molecule has 0 atom stereocenters. The third kappa shape index (κ3) is 1.73. The predicted molar refractivity (Wildman–Crippen MR) is 59.4 cm³/mol. The third-order valence-corrected chi connectivity index (χ3v) is 2.95. The van der Waals surface area contributed by atoms with Gasteiger partial charge < -0.3 is 14.8 Å². The lowest BCUT2D eigenvalue weighted by atomic mass is 9.78. The van der Waals surface area contributed by atoms with Crippen molar-refractivity contribution in [2.24, 2.45) is 0 Å². The number of nitrogens with one attached hydrogen (secondary N) is 1. The van der Waals surface area contributed by atoms with Crippen molar-refractivity contribution in [2.45, 2.75) is 5.41 Å². The van der Waals surface area contributed by atoms with Crippen LogP contribution in [-0.4, -0.2) is 33.9 Å². The van der Waals surface area contributed by atoms with Gasteiger partial charge in [-0.15, -0.1) is 0 Å². The highest BCUT2D eigenvalue weighted by Crippen LogP contribution is 2.37. The van der Waals surface area contributed by atoms with E-state index >= 15 is 0 Å². The minimum absolute atomic E-state index is 0.0986. The van der Waals surface area contributed by atoms with Crippen LogP contribution in [0.5, 0.6) is 5.75 Å². The number of ether oxygens (including phenoxy) is 2. The van der Waals surface area contributed by atoms with Crippen LogP contribution in [-0.2, 0) is 10.2 Å². The Hall–Kier alpha value is -1.06. The second-order valence-electron chi connectivity index (χ2n) is 4.00. The topological polar surface area (TPSA) is 30.5 Å². The summed E-state index contributed by atoms with van der Waals surface area (Å²) in [5.41, 5.74) is 1.34. The molecule has 1 aliphatic heterocycles. The van der Waals surface area contributed by atoms with Crippen LogP contribution >= 0.6 is 0 Å². The van der Waals surface area contributed by atoms with Crippen molar-refractivity contribution >= 4 is 0 Å². The molecule has 0 aromatic heterocycles. The quantitative estimate of drug-likeness (QED) is 0.804. The Morgan fingerprint density at radius 1 is 1.40 bits per heavy atom. The molecule has 0 unspecified atom stereocenters. The molecule has 1 fully saturated rings. The molecule has 0 bridgehead atoms. The molecule has 1 saturated heterocycles. The molecule has 1 aromatic rings. The highest BCUT2D eigenvalue weighted by Gasteiger charge is 2.41. The fourth-order valence-corrected chi connectivity index (χ4v) is 2.12. The maximum Gasteiger partial charge on any atom is 0.122 e. The molecule has 0 saturated carbocycles. The van der Waals surface area contributed by atoms with Crippen LogP contribution in [0, 0.1) is 0 Å². The molecular formula is C12H17NO2. The first kappa shape index (κ1) is 10.5. The summed E-state index contributed by atoms with van der Waals surface area (Å²) in [6.07, 6.45) is 0. The minimum atomic E-state index is 0.0986. The van der Waals surface area contributed by atoms with Gasteiger partial charge in [-0.2, -0.15) is 0 Å². The number of methoxy groups -OCH3 is 1. The van der Waals surface area contributed by atoms with E-state index in [0.29, 0.717) is 0 Å². The number of hydrogen-bond donors (Lipinski definition) is 1. The molecule has 2 rings (SSSR count). The second kappa shape index (κ2) is 4.21. The van der Waals surface area contributed by atoms with Crippen molar-refractivity contribution < 1.29 is 9.47 Å². The van der Waals surface area contributed by atoms with Gasteiger partial charge in [0, 0.05) is 12.1 Å². The summed E-state index contributed by atoms with van der Waals surface area (Å²) >= 11 is 0. The summed E-state index contributed by atoms with van der Waals surface area (Å²) in [5.74, 6) is 0.955. The fourth-order valence-electron chi connectivity index (χ4n) is 2.12. The molecule has 1 aliphatic rings. The lowest BCUT2D eigenvalue weighted by Gasteiger charge is -2.42. The Balaban J connectivity index is 2.33.